The van der Waals surface area contributed by atoms with Gasteiger partial charge in [0.2, 0.25) is 0 Å². The minimum absolute atomic E-state index is 0.663. The van der Waals surface area contributed by atoms with Gasteiger partial charge < -0.3 is 10.6 Å². The van der Waals surface area contributed by atoms with Crippen LogP contribution in [0.1, 0.15) is 23.1 Å². The normalized spacial score (nSPS) is 13.0. The van der Waals surface area contributed by atoms with Crippen LogP contribution in [0.3, 0.4) is 0 Å². The van der Waals surface area contributed by atoms with Gasteiger partial charge >= 0.3 is 0 Å². The number of rotatable bonds is 3. The molecule has 0 bridgehead atoms. The van der Waals surface area contributed by atoms with E-state index in [9.17, 15) is 5.26 Å². The highest BCUT2D eigenvalue weighted by molar-refractivity contribution is 9.10. The van der Waals surface area contributed by atoms with Gasteiger partial charge in [0.25, 0.3) is 0 Å². The number of benzene rings is 2. The number of anilines is 2. The first-order valence-electron chi connectivity index (χ1n) is 7.06. The van der Waals surface area contributed by atoms with Gasteiger partial charge in [-0.2, -0.15) is 5.26 Å². The third-order valence-corrected chi connectivity index (χ3v) is 4.23. The van der Waals surface area contributed by atoms with Crippen molar-refractivity contribution in [1.82, 2.24) is 0 Å². The Kier molecular flexibility index (Phi) is 4.12. The number of aryl methyl sites for hydroxylation is 1. The summed E-state index contributed by atoms with van der Waals surface area (Å²) >= 11 is 3.45. The van der Waals surface area contributed by atoms with Crippen molar-refractivity contribution in [3.63, 3.8) is 0 Å². The van der Waals surface area contributed by atoms with Gasteiger partial charge in [0.15, 0.2) is 0 Å². The molecule has 0 aliphatic carbocycles. The van der Waals surface area contributed by atoms with Crippen LogP contribution < -0.4 is 10.6 Å². The Balaban J connectivity index is 1.83. The predicted octanol–water partition coefficient (Wildman–Crippen LogP) is 4.29. The smallest absolute Gasteiger partial charge is 0.101 e. The Bertz CT molecular complexity index is 704. The fraction of sp³-hybridized carbons (Fsp3) is 0.235. The molecule has 0 aromatic heterocycles. The van der Waals surface area contributed by atoms with Gasteiger partial charge in [0.05, 0.1) is 11.3 Å². The van der Waals surface area contributed by atoms with Crippen molar-refractivity contribution in [2.24, 2.45) is 0 Å². The summed E-state index contributed by atoms with van der Waals surface area (Å²) in [4.78, 5) is 0. The van der Waals surface area contributed by atoms with E-state index in [1.807, 2.05) is 18.2 Å². The van der Waals surface area contributed by atoms with Crippen molar-refractivity contribution in [2.45, 2.75) is 19.4 Å². The fourth-order valence-corrected chi connectivity index (χ4v) is 3.04. The number of halogens is 1. The standard InChI is InChI=1S/C17H16BrN3/c18-15-7-6-13(10-19)16(9-15)21-11-14-4-1-3-12-5-2-8-20-17(12)14/h1,3-4,6-7,9,20-21H,2,5,8,11H2. The van der Waals surface area contributed by atoms with E-state index in [4.69, 9.17) is 0 Å². The van der Waals surface area contributed by atoms with Crippen LogP contribution in [0, 0.1) is 11.3 Å². The number of nitrogens with zero attached hydrogens (tertiary/aromatic N) is 1. The molecule has 0 radical (unpaired) electrons. The Hall–Kier alpha value is -1.99. The van der Waals surface area contributed by atoms with Crippen molar-refractivity contribution in [2.75, 3.05) is 17.2 Å². The van der Waals surface area contributed by atoms with Crippen molar-refractivity contribution >= 4 is 27.3 Å². The number of fused-ring (bicyclic) bond motifs is 1. The highest BCUT2D eigenvalue weighted by Crippen LogP contribution is 2.27. The molecule has 0 spiro atoms. The van der Waals surface area contributed by atoms with Gasteiger partial charge in [-0.1, -0.05) is 34.1 Å². The molecule has 3 nitrogen and oxygen atoms in total. The maximum Gasteiger partial charge on any atom is 0.101 e. The maximum absolute atomic E-state index is 9.18. The van der Waals surface area contributed by atoms with Crippen LogP contribution in [0.5, 0.6) is 0 Å². The van der Waals surface area contributed by atoms with Gasteiger partial charge in [-0.15, -0.1) is 0 Å². The van der Waals surface area contributed by atoms with Crippen LogP contribution in [-0.4, -0.2) is 6.54 Å². The summed E-state index contributed by atoms with van der Waals surface area (Å²) < 4.78 is 0.970. The van der Waals surface area contributed by atoms with E-state index in [0.717, 1.165) is 23.1 Å². The summed E-state index contributed by atoms with van der Waals surface area (Å²) in [7, 11) is 0. The first-order chi connectivity index (χ1) is 10.3. The van der Waals surface area contributed by atoms with E-state index < -0.39 is 0 Å². The lowest BCUT2D eigenvalue weighted by molar-refractivity contribution is 0.825. The van der Waals surface area contributed by atoms with Crippen molar-refractivity contribution < 1.29 is 0 Å². The molecule has 2 aromatic carbocycles. The summed E-state index contributed by atoms with van der Waals surface area (Å²) in [5.41, 5.74) is 5.41. The second-order valence-corrected chi connectivity index (χ2v) is 6.05. The second-order valence-electron chi connectivity index (χ2n) is 5.14. The van der Waals surface area contributed by atoms with Crippen LogP contribution in [0.25, 0.3) is 0 Å². The van der Waals surface area contributed by atoms with Crippen molar-refractivity contribution in [3.05, 3.63) is 57.6 Å². The van der Waals surface area contributed by atoms with E-state index in [0.29, 0.717) is 12.1 Å². The van der Waals surface area contributed by atoms with E-state index >= 15 is 0 Å². The molecular weight excluding hydrogens is 326 g/mol. The minimum Gasteiger partial charge on any atom is -0.385 e. The molecule has 0 fully saturated rings. The van der Waals surface area contributed by atoms with E-state index in [1.54, 1.807) is 0 Å². The number of hydrogen-bond acceptors (Lipinski definition) is 3. The van der Waals surface area contributed by atoms with Crippen LogP contribution in [-0.2, 0) is 13.0 Å². The molecule has 0 unspecified atom stereocenters. The quantitative estimate of drug-likeness (QED) is 0.875. The molecule has 0 saturated carbocycles. The summed E-state index contributed by atoms with van der Waals surface area (Å²) in [6.45, 7) is 1.74. The van der Waals surface area contributed by atoms with Crippen LogP contribution in [0.4, 0.5) is 11.4 Å². The zero-order chi connectivity index (χ0) is 14.7. The van der Waals surface area contributed by atoms with Gasteiger partial charge in [-0.25, -0.2) is 0 Å². The Labute approximate surface area is 133 Å². The maximum atomic E-state index is 9.18. The topological polar surface area (TPSA) is 47.9 Å². The third kappa shape index (κ3) is 3.03. The molecular formula is C17H16BrN3. The summed E-state index contributed by atoms with van der Waals surface area (Å²) in [6.07, 6.45) is 2.32. The fourth-order valence-electron chi connectivity index (χ4n) is 2.68. The lowest BCUT2D eigenvalue weighted by Gasteiger charge is -2.21. The molecule has 1 aliphatic rings. The Morgan fingerprint density at radius 1 is 1.29 bits per heavy atom. The second kappa shape index (κ2) is 6.19. The number of para-hydroxylation sites is 1. The van der Waals surface area contributed by atoms with Crippen molar-refractivity contribution in [3.8, 4) is 6.07 Å². The summed E-state index contributed by atoms with van der Waals surface area (Å²) in [5.74, 6) is 0. The molecule has 2 N–H and O–H groups in total. The lowest BCUT2D eigenvalue weighted by Crippen LogP contribution is -2.15. The minimum atomic E-state index is 0.663. The number of nitriles is 1. The van der Waals surface area contributed by atoms with Crippen LogP contribution >= 0.6 is 15.9 Å². The zero-order valence-corrected chi connectivity index (χ0v) is 13.2. The Morgan fingerprint density at radius 3 is 3.05 bits per heavy atom. The van der Waals surface area contributed by atoms with Crippen LogP contribution in [0.15, 0.2) is 40.9 Å². The average molecular weight is 342 g/mol. The van der Waals surface area contributed by atoms with Crippen LogP contribution in [0.2, 0.25) is 0 Å². The molecule has 0 saturated heterocycles. The molecule has 21 heavy (non-hydrogen) atoms. The molecule has 106 valence electrons. The first kappa shape index (κ1) is 14.0. The molecule has 4 heteroatoms. The molecule has 2 aromatic rings. The van der Waals surface area contributed by atoms with Gasteiger partial charge in [-0.3, -0.25) is 0 Å². The highest BCUT2D eigenvalue weighted by atomic mass is 79.9. The molecule has 3 rings (SSSR count). The molecule has 1 heterocycles. The van der Waals surface area contributed by atoms with Gasteiger partial charge in [0.1, 0.15) is 6.07 Å². The van der Waals surface area contributed by atoms with Crippen molar-refractivity contribution in [1.29, 1.82) is 5.26 Å². The zero-order valence-electron chi connectivity index (χ0n) is 11.6. The number of nitrogens with one attached hydrogen (secondary N) is 2. The van der Waals surface area contributed by atoms with E-state index in [-0.39, 0.29) is 0 Å². The summed E-state index contributed by atoms with van der Waals surface area (Å²) in [5, 5.41) is 16.1. The lowest BCUT2D eigenvalue weighted by atomic mass is 9.99. The molecule has 0 amide bonds. The monoisotopic (exact) mass is 341 g/mol. The average Bonchev–Trinajstić information content (AvgIpc) is 2.53. The third-order valence-electron chi connectivity index (χ3n) is 3.73. The summed E-state index contributed by atoms with van der Waals surface area (Å²) in [6, 6.07) is 14.3. The molecule has 1 aliphatic heterocycles. The first-order valence-corrected chi connectivity index (χ1v) is 7.85. The number of hydrogen-bond donors (Lipinski definition) is 2. The van der Waals surface area contributed by atoms with Gasteiger partial charge in [-0.05, 0) is 42.2 Å². The van der Waals surface area contributed by atoms with E-state index in [1.165, 1.54) is 23.2 Å². The molecule has 0 atom stereocenters. The largest absolute Gasteiger partial charge is 0.385 e. The Morgan fingerprint density at radius 2 is 2.19 bits per heavy atom. The van der Waals surface area contributed by atoms with E-state index in [2.05, 4.69) is 50.8 Å². The highest BCUT2D eigenvalue weighted by Gasteiger charge is 2.12. The SMILES string of the molecule is N#Cc1ccc(Br)cc1NCc1cccc2c1NCCC2. The van der Waals surface area contributed by atoms with Gasteiger partial charge in [0, 0.05) is 23.2 Å². The predicted molar refractivity (Wildman–Crippen MR) is 89.4 cm³/mol.